The van der Waals surface area contributed by atoms with Crippen LogP contribution in [-0.4, -0.2) is 48.0 Å². The topological polar surface area (TPSA) is 32.3 Å². The molecule has 31 heavy (non-hydrogen) atoms. The van der Waals surface area contributed by atoms with Crippen LogP contribution in [0.2, 0.25) is 0 Å². The Labute approximate surface area is 192 Å². The number of likely N-dealkylation sites (tertiary alicyclic amines) is 1. The van der Waals surface area contributed by atoms with Gasteiger partial charge < -0.3 is 10.2 Å². The van der Waals surface area contributed by atoms with Gasteiger partial charge in [0.05, 0.1) is 10.1 Å². The molecule has 2 saturated heterocycles. The molecule has 1 N–H and O–H groups in total. The van der Waals surface area contributed by atoms with Crippen LogP contribution in [-0.2, 0) is 11.0 Å². The second-order valence-electron chi connectivity index (χ2n) is 8.37. The average molecular weight is 475 g/mol. The number of amides is 1. The summed E-state index contributed by atoms with van der Waals surface area (Å²) in [6.07, 6.45) is 4.05. The molecule has 0 bridgehead atoms. The predicted molar refractivity (Wildman–Crippen MR) is 124 cm³/mol. The van der Waals surface area contributed by atoms with Crippen LogP contribution in [0.4, 0.5) is 13.2 Å². The van der Waals surface area contributed by atoms with E-state index in [1.54, 1.807) is 29.6 Å². The summed E-state index contributed by atoms with van der Waals surface area (Å²) in [5, 5.41) is 3.48. The minimum absolute atomic E-state index is 0.0548. The monoisotopic (exact) mass is 474 g/mol. The van der Waals surface area contributed by atoms with Crippen LogP contribution in [0.15, 0.2) is 24.3 Å². The number of carbonyl (C=O) groups excluding carboxylic acids is 1. The number of thioether (sulfide) groups is 2. The summed E-state index contributed by atoms with van der Waals surface area (Å²) in [6.45, 7) is 3.97. The van der Waals surface area contributed by atoms with Gasteiger partial charge in [-0.3, -0.25) is 4.79 Å². The van der Waals surface area contributed by atoms with Crippen LogP contribution in [0.3, 0.4) is 0 Å². The third kappa shape index (κ3) is 8.54. The Balaban J connectivity index is 1.32. The van der Waals surface area contributed by atoms with Crippen molar-refractivity contribution in [1.29, 1.82) is 0 Å². The van der Waals surface area contributed by atoms with E-state index in [1.165, 1.54) is 31.4 Å². The molecule has 3 rings (SSSR count). The minimum Gasteiger partial charge on any atom is -0.355 e. The first-order chi connectivity index (χ1) is 14.9. The van der Waals surface area contributed by atoms with Crippen molar-refractivity contribution in [3.8, 4) is 0 Å². The Morgan fingerprint density at radius 2 is 1.97 bits per heavy atom. The van der Waals surface area contributed by atoms with Crippen LogP contribution < -0.4 is 5.32 Å². The SMILES string of the molecule is O=C(CCCCC1CCSC(c2cccc(C(F)(F)F)c2)S1)NCCN1CCCCC1. The van der Waals surface area contributed by atoms with Crippen molar-refractivity contribution in [2.24, 2.45) is 0 Å². The zero-order valence-corrected chi connectivity index (χ0v) is 19.6. The van der Waals surface area contributed by atoms with E-state index in [9.17, 15) is 18.0 Å². The van der Waals surface area contributed by atoms with Crippen molar-refractivity contribution >= 4 is 29.4 Å². The molecule has 2 aliphatic rings. The molecule has 1 aromatic carbocycles. The number of benzene rings is 1. The van der Waals surface area contributed by atoms with Gasteiger partial charge in [0.2, 0.25) is 5.91 Å². The standard InChI is InChI=1S/C23H33F3N2OS2/c24-23(25,26)19-8-6-7-18(17-19)22-30-16-11-20(31-22)9-2-3-10-21(29)27-12-15-28-13-4-1-5-14-28/h6-8,17,20,22H,1-5,9-16H2,(H,27,29). The lowest BCUT2D eigenvalue weighted by Gasteiger charge is -2.29. The second-order valence-corrected chi connectivity index (χ2v) is 11.3. The molecular formula is C23H33F3N2OS2. The van der Waals surface area contributed by atoms with Gasteiger partial charge in [-0.2, -0.15) is 13.2 Å². The lowest BCUT2D eigenvalue weighted by Crippen LogP contribution is -2.37. The number of hydrogen-bond acceptors (Lipinski definition) is 4. The number of nitrogens with zero attached hydrogens (tertiary/aromatic N) is 1. The first kappa shape index (κ1) is 24.8. The number of carbonyl (C=O) groups is 1. The first-order valence-electron chi connectivity index (χ1n) is 11.3. The van der Waals surface area contributed by atoms with Crippen molar-refractivity contribution in [3.63, 3.8) is 0 Å². The summed E-state index contributed by atoms with van der Waals surface area (Å²) in [7, 11) is 0. The Morgan fingerprint density at radius 3 is 2.74 bits per heavy atom. The van der Waals surface area contributed by atoms with E-state index in [4.69, 9.17) is 0 Å². The van der Waals surface area contributed by atoms with E-state index < -0.39 is 11.7 Å². The number of hydrogen-bond donors (Lipinski definition) is 1. The number of piperidine rings is 1. The molecule has 3 nitrogen and oxygen atoms in total. The largest absolute Gasteiger partial charge is 0.416 e. The molecule has 2 aliphatic heterocycles. The van der Waals surface area contributed by atoms with Crippen LogP contribution in [0.25, 0.3) is 0 Å². The summed E-state index contributed by atoms with van der Waals surface area (Å²) < 4.78 is 39.1. The Bertz CT molecular complexity index is 696. The third-order valence-corrected chi connectivity index (χ3v) is 9.05. The van der Waals surface area contributed by atoms with Gasteiger partial charge in [0, 0.05) is 24.8 Å². The van der Waals surface area contributed by atoms with E-state index in [1.807, 2.05) is 0 Å². The van der Waals surface area contributed by atoms with Crippen LogP contribution >= 0.6 is 23.5 Å². The highest BCUT2D eigenvalue weighted by Crippen LogP contribution is 2.49. The third-order valence-electron chi connectivity index (χ3n) is 5.89. The molecule has 0 aromatic heterocycles. The molecule has 2 unspecified atom stereocenters. The van der Waals surface area contributed by atoms with Gasteiger partial charge in [-0.15, -0.1) is 23.5 Å². The molecule has 2 atom stereocenters. The summed E-state index contributed by atoms with van der Waals surface area (Å²) in [4.78, 5) is 14.5. The van der Waals surface area contributed by atoms with Crippen molar-refractivity contribution in [2.75, 3.05) is 31.9 Å². The number of rotatable bonds is 9. The molecule has 0 radical (unpaired) electrons. The van der Waals surface area contributed by atoms with Gasteiger partial charge in [0.1, 0.15) is 0 Å². The highest BCUT2D eigenvalue weighted by Gasteiger charge is 2.32. The zero-order valence-electron chi connectivity index (χ0n) is 18.0. The maximum atomic E-state index is 13.0. The average Bonchev–Trinajstić information content (AvgIpc) is 2.77. The summed E-state index contributed by atoms with van der Waals surface area (Å²) in [6, 6.07) is 5.74. The van der Waals surface area contributed by atoms with Crippen molar-refractivity contribution in [1.82, 2.24) is 10.2 Å². The maximum Gasteiger partial charge on any atom is 0.416 e. The molecule has 1 aromatic rings. The molecule has 2 fully saturated rings. The highest BCUT2D eigenvalue weighted by molar-refractivity contribution is 8.17. The van der Waals surface area contributed by atoms with Gasteiger partial charge in [0.25, 0.3) is 0 Å². The normalized spacial score (nSPS) is 22.9. The lowest BCUT2D eigenvalue weighted by molar-refractivity contribution is -0.137. The van der Waals surface area contributed by atoms with Crippen molar-refractivity contribution in [2.45, 2.75) is 67.4 Å². The van der Waals surface area contributed by atoms with Crippen LogP contribution in [0.5, 0.6) is 0 Å². The van der Waals surface area contributed by atoms with E-state index >= 15 is 0 Å². The quantitative estimate of drug-likeness (QED) is 0.438. The first-order valence-corrected chi connectivity index (χ1v) is 13.3. The fourth-order valence-electron chi connectivity index (χ4n) is 4.12. The lowest BCUT2D eigenvalue weighted by atomic mass is 10.1. The molecule has 8 heteroatoms. The predicted octanol–water partition coefficient (Wildman–Crippen LogP) is 6.11. The molecule has 0 aliphatic carbocycles. The molecule has 174 valence electrons. The molecule has 2 heterocycles. The Kier molecular flexibility index (Phi) is 9.91. The van der Waals surface area contributed by atoms with Crippen LogP contribution in [0, 0.1) is 0 Å². The number of halogens is 3. The highest BCUT2D eigenvalue weighted by atomic mass is 32.2. The van der Waals surface area contributed by atoms with Crippen LogP contribution in [0.1, 0.15) is 67.1 Å². The smallest absolute Gasteiger partial charge is 0.355 e. The van der Waals surface area contributed by atoms with Gasteiger partial charge in [-0.25, -0.2) is 0 Å². The molecular weight excluding hydrogens is 441 g/mol. The van der Waals surface area contributed by atoms with Gasteiger partial charge in [-0.1, -0.05) is 25.0 Å². The molecule has 0 spiro atoms. The van der Waals surface area contributed by atoms with Crippen molar-refractivity contribution < 1.29 is 18.0 Å². The van der Waals surface area contributed by atoms with E-state index in [2.05, 4.69) is 10.2 Å². The van der Waals surface area contributed by atoms with Gasteiger partial charge >= 0.3 is 6.18 Å². The Hall–Kier alpha value is -0.860. The van der Waals surface area contributed by atoms with Crippen molar-refractivity contribution in [3.05, 3.63) is 35.4 Å². The minimum atomic E-state index is -4.30. The summed E-state index contributed by atoms with van der Waals surface area (Å²) in [5.74, 6) is 1.10. The second kappa shape index (κ2) is 12.4. The van der Waals surface area contributed by atoms with E-state index in [0.717, 1.165) is 69.2 Å². The van der Waals surface area contributed by atoms with Gasteiger partial charge in [0.15, 0.2) is 0 Å². The fourth-order valence-corrected chi connectivity index (χ4v) is 7.53. The van der Waals surface area contributed by atoms with E-state index in [-0.39, 0.29) is 10.5 Å². The summed E-state index contributed by atoms with van der Waals surface area (Å²) in [5.41, 5.74) is 0.183. The molecule has 1 amide bonds. The summed E-state index contributed by atoms with van der Waals surface area (Å²) >= 11 is 3.51. The molecule has 0 saturated carbocycles. The zero-order chi connectivity index (χ0) is 22.1. The number of unbranched alkanes of at least 4 members (excludes halogenated alkanes) is 1. The Morgan fingerprint density at radius 1 is 1.16 bits per heavy atom. The van der Waals surface area contributed by atoms with Gasteiger partial charge in [-0.05, 0) is 68.6 Å². The fraction of sp³-hybridized carbons (Fsp3) is 0.696. The maximum absolute atomic E-state index is 13.0. The number of nitrogens with one attached hydrogen (secondary N) is 1. The number of alkyl halides is 3. The van der Waals surface area contributed by atoms with E-state index in [0.29, 0.717) is 11.7 Å².